The van der Waals surface area contributed by atoms with E-state index in [4.69, 9.17) is 5.41 Å². The van der Waals surface area contributed by atoms with Gasteiger partial charge in [-0.2, -0.15) is 0 Å². The summed E-state index contributed by atoms with van der Waals surface area (Å²) in [6, 6.07) is 8.04. The Morgan fingerprint density at radius 1 is 1.23 bits per heavy atom. The maximum Gasteiger partial charge on any atom is 0.261 e. The van der Waals surface area contributed by atoms with Crippen LogP contribution in [0, 0.1) is 18.3 Å². The Kier molecular flexibility index (Phi) is 6.00. The molecule has 35 heavy (non-hydrogen) atoms. The Morgan fingerprint density at radius 3 is 2.74 bits per heavy atom. The van der Waals surface area contributed by atoms with Gasteiger partial charge in [-0.15, -0.1) is 5.10 Å². The number of aliphatic imine (C=N–C) groups is 1. The lowest BCUT2D eigenvalue weighted by atomic mass is 9.82. The van der Waals surface area contributed by atoms with Crippen LogP contribution in [0.3, 0.4) is 0 Å². The third-order valence-corrected chi connectivity index (χ3v) is 7.24. The van der Waals surface area contributed by atoms with Crippen molar-refractivity contribution >= 4 is 22.9 Å². The summed E-state index contributed by atoms with van der Waals surface area (Å²) >= 11 is 0. The smallest absolute Gasteiger partial charge is 0.261 e. The first-order chi connectivity index (χ1) is 16.8. The molecule has 0 spiro atoms. The molecule has 0 amide bonds. The van der Waals surface area contributed by atoms with Crippen LogP contribution in [0.2, 0.25) is 0 Å². The second kappa shape index (κ2) is 9.13. The minimum absolute atomic E-state index is 0.0631. The van der Waals surface area contributed by atoms with Gasteiger partial charge in [-0.25, -0.2) is 4.68 Å². The molecule has 2 aromatic heterocycles. The number of aromatic amines is 1. The normalized spacial score (nSPS) is 19.7. The number of anilines is 2. The highest BCUT2D eigenvalue weighted by Crippen LogP contribution is 2.32. The molecule has 3 heterocycles. The van der Waals surface area contributed by atoms with Crippen molar-refractivity contribution in [1.82, 2.24) is 20.0 Å². The standard InChI is InChI=1S/C26H32N8O/c1-16-14-17(8-9-19(16)26(2,3)34-13-12-30-33-34)31-24(27)23-21(10-11-28-25(23)35)32-20-7-5-4-6-18(20)22-15-29-22/h8-14,18,20H,4-7,15H2,1-3H3,(H2,27,31)(H2,28,32,35)/t18-,20-/m0/s1. The summed E-state index contributed by atoms with van der Waals surface area (Å²) in [4.78, 5) is 20.0. The van der Waals surface area contributed by atoms with Crippen molar-refractivity contribution in [3.8, 4) is 0 Å². The molecule has 9 heteroatoms. The van der Waals surface area contributed by atoms with Gasteiger partial charge >= 0.3 is 0 Å². The van der Waals surface area contributed by atoms with Crippen LogP contribution < -0.4 is 16.2 Å². The zero-order valence-corrected chi connectivity index (χ0v) is 20.4. The SMILES string of the molecule is Cc1cc(NC(=N)c2c(N[C@H]3CCCC[C@@H]3C3=NC3)cc[nH]c2=O)ccc1C(C)(C)n1ccnn1. The Labute approximate surface area is 204 Å². The Bertz CT molecular complexity index is 1320. The van der Waals surface area contributed by atoms with Crippen LogP contribution in [0.15, 0.2) is 52.6 Å². The zero-order chi connectivity index (χ0) is 24.6. The van der Waals surface area contributed by atoms with Crippen LogP contribution >= 0.6 is 0 Å². The zero-order valence-electron chi connectivity index (χ0n) is 20.4. The monoisotopic (exact) mass is 472 g/mol. The molecule has 2 aliphatic rings. The van der Waals surface area contributed by atoms with Crippen molar-refractivity contribution in [2.45, 2.75) is 58.0 Å². The van der Waals surface area contributed by atoms with E-state index in [1.165, 1.54) is 12.1 Å². The Hall–Kier alpha value is -3.75. The van der Waals surface area contributed by atoms with Crippen LogP contribution in [-0.4, -0.2) is 44.1 Å². The van der Waals surface area contributed by atoms with Crippen LogP contribution in [-0.2, 0) is 5.54 Å². The molecule has 4 N–H and O–H groups in total. The number of hydrogen-bond donors (Lipinski definition) is 4. The first-order valence-corrected chi connectivity index (χ1v) is 12.2. The molecular formula is C26H32N8O. The first-order valence-electron chi connectivity index (χ1n) is 12.2. The molecule has 1 aliphatic heterocycles. The summed E-state index contributed by atoms with van der Waals surface area (Å²) in [7, 11) is 0. The highest BCUT2D eigenvalue weighted by molar-refractivity contribution is 6.09. The fraction of sp³-hybridized carbons (Fsp3) is 0.423. The summed E-state index contributed by atoms with van der Waals surface area (Å²) in [5.74, 6) is 0.481. The molecule has 1 aromatic carbocycles. The average Bonchev–Trinajstić information content (AvgIpc) is 3.51. The fourth-order valence-corrected chi connectivity index (χ4v) is 5.29. The van der Waals surface area contributed by atoms with Crippen molar-refractivity contribution in [2.24, 2.45) is 10.9 Å². The van der Waals surface area contributed by atoms with Crippen LogP contribution in [0.4, 0.5) is 11.4 Å². The summed E-state index contributed by atoms with van der Waals surface area (Å²) in [6.45, 7) is 7.08. The van der Waals surface area contributed by atoms with Gasteiger partial charge in [-0.3, -0.25) is 15.2 Å². The van der Waals surface area contributed by atoms with Crippen LogP contribution in [0.5, 0.6) is 0 Å². The molecule has 182 valence electrons. The number of rotatable bonds is 7. The van der Waals surface area contributed by atoms with Crippen molar-refractivity contribution in [3.63, 3.8) is 0 Å². The number of nitrogens with one attached hydrogen (secondary N) is 4. The second-order valence-electron chi connectivity index (χ2n) is 9.98. The number of H-pyrrole nitrogens is 1. The minimum atomic E-state index is -0.372. The average molecular weight is 473 g/mol. The van der Waals surface area contributed by atoms with Gasteiger partial charge in [0.25, 0.3) is 5.56 Å². The maximum atomic E-state index is 12.8. The fourth-order valence-electron chi connectivity index (χ4n) is 5.29. The molecule has 9 nitrogen and oxygen atoms in total. The summed E-state index contributed by atoms with van der Waals surface area (Å²) < 4.78 is 1.83. The molecule has 0 radical (unpaired) electrons. The van der Waals surface area contributed by atoms with Crippen molar-refractivity contribution in [1.29, 1.82) is 5.41 Å². The second-order valence-corrected chi connectivity index (χ2v) is 9.98. The molecule has 0 saturated heterocycles. The number of aryl methyl sites for hydroxylation is 1. The summed E-state index contributed by atoms with van der Waals surface area (Å²) in [5.41, 5.74) is 4.54. The molecule has 1 saturated carbocycles. The van der Waals surface area contributed by atoms with E-state index < -0.39 is 0 Å². The predicted octanol–water partition coefficient (Wildman–Crippen LogP) is 3.92. The predicted molar refractivity (Wildman–Crippen MR) is 139 cm³/mol. The molecule has 3 aromatic rings. The van der Waals surface area contributed by atoms with Crippen LogP contribution in [0.25, 0.3) is 0 Å². The largest absolute Gasteiger partial charge is 0.381 e. The van der Waals surface area contributed by atoms with Crippen molar-refractivity contribution in [2.75, 3.05) is 17.2 Å². The molecule has 0 unspecified atom stereocenters. The first kappa shape index (κ1) is 23.0. The van der Waals surface area contributed by atoms with Gasteiger partial charge in [-0.05, 0) is 62.9 Å². The summed E-state index contributed by atoms with van der Waals surface area (Å²) in [6.07, 6.45) is 9.70. The van der Waals surface area contributed by atoms with Crippen molar-refractivity contribution in [3.05, 3.63) is 69.9 Å². The van der Waals surface area contributed by atoms with E-state index in [0.29, 0.717) is 17.2 Å². The molecule has 1 aliphatic carbocycles. The van der Waals surface area contributed by atoms with Gasteiger partial charge in [0.15, 0.2) is 0 Å². The van der Waals surface area contributed by atoms with E-state index in [1.807, 2.05) is 42.1 Å². The van der Waals surface area contributed by atoms with E-state index >= 15 is 0 Å². The summed E-state index contributed by atoms with van der Waals surface area (Å²) in [5, 5.41) is 23.6. The molecule has 0 bridgehead atoms. The maximum absolute atomic E-state index is 12.8. The highest BCUT2D eigenvalue weighted by Gasteiger charge is 2.33. The third kappa shape index (κ3) is 4.62. The number of aromatic nitrogens is 4. The lowest BCUT2D eigenvalue weighted by Crippen LogP contribution is -2.36. The van der Waals surface area contributed by atoms with Crippen LogP contribution in [0.1, 0.15) is 56.2 Å². The highest BCUT2D eigenvalue weighted by atomic mass is 16.1. The topological polar surface area (TPSA) is 124 Å². The van der Waals surface area contributed by atoms with Crippen molar-refractivity contribution < 1.29 is 0 Å². The number of hydrogen-bond acceptors (Lipinski definition) is 6. The van der Waals surface area contributed by atoms with Gasteiger partial charge in [-0.1, -0.05) is 24.1 Å². The van der Waals surface area contributed by atoms with E-state index in [9.17, 15) is 4.79 Å². The van der Waals surface area contributed by atoms with E-state index in [-0.39, 0.29) is 23.0 Å². The third-order valence-electron chi connectivity index (χ3n) is 7.24. The van der Waals surface area contributed by atoms with Gasteiger partial charge in [0.1, 0.15) is 11.4 Å². The number of benzene rings is 1. The number of nitrogens with zero attached hydrogens (tertiary/aromatic N) is 4. The number of amidine groups is 1. The van der Waals surface area contributed by atoms with E-state index in [1.54, 1.807) is 12.4 Å². The Morgan fingerprint density at radius 2 is 2.03 bits per heavy atom. The Balaban J connectivity index is 1.37. The van der Waals surface area contributed by atoms with Gasteiger partial charge in [0.05, 0.1) is 24.0 Å². The molecule has 2 atom stereocenters. The molecule has 5 rings (SSSR count). The van der Waals surface area contributed by atoms with Gasteiger partial charge in [0, 0.05) is 35.8 Å². The van der Waals surface area contributed by atoms with E-state index in [2.05, 4.69) is 44.8 Å². The lowest BCUT2D eigenvalue weighted by molar-refractivity contribution is 0.379. The quantitative estimate of drug-likeness (QED) is 0.306. The minimum Gasteiger partial charge on any atom is -0.381 e. The van der Waals surface area contributed by atoms with Gasteiger partial charge < -0.3 is 15.6 Å². The van der Waals surface area contributed by atoms with E-state index in [0.717, 1.165) is 42.6 Å². The molecular weight excluding hydrogens is 440 g/mol. The number of pyridine rings is 1. The van der Waals surface area contributed by atoms with Gasteiger partial charge in [0.2, 0.25) is 0 Å². The lowest BCUT2D eigenvalue weighted by Gasteiger charge is -2.31. The molecule has 1 fully saturated rings.